The summed E-state index contributed by atoms with van der Waals surface area (Å²) in [5.41, 5.74) is 1.56. The van der Waals surface area contributed by atoms with Crippen molar-refractivity contribution in [3.63, 3.8) is 0 Å². The predicted molar refractivity (Wildman–Crippen MR) is 82.3 cm³/mol. The van der Waals surface area contributed by atoms with Gasteiger partial charge in [-0.15, -0.1) is 0 Å². The summed E-state index contributed by atoms with van der Waals surface area (Å²) in [6.45, 7) is 4.49. The Balaban J connectivity index is 1.94. The molecule has 0 radical (unpaired) electrons. The Morgan fingerprint density at radius 1 is 1.43 bits per heavy atom. The molecule has 5 nitrogen and oxygen atoms in total. The molecular weight excluding hydrogens is 290 g/mol. The molecular formula is C15H24ClN3O2. The number of carbonyl (C=O) groups is 1. The van der Waals surface area contributed by atoms with Gasteiger partial charge in [0, 0.05) is 19.5 Å². The number of aromatic nitrogens is 2. The fourth-order valence-electron chi connectivity index (χ4n) is 2.93. The summed E-state index contributed by atoms with van der Waals surface area (Å²) in [6.07, 6.45) is 3.78. The quantitative estimate of drug-likeness (QED) is 0.926. The molecule has 1 fully saturated rings. The van der Waals surface area contributed by atoms with Crippen LogP contribution in [0.1, 0.15) is 37.1 Å². The van der Waals surface area contributed by atoms with E-state index in [1.165, 1.54) is 0 Å². The number of amides is 1. The van der Waals surface area contributed by atoms with E-state index in [0.29, 0.717) is 11.6 Å². The summed E-state index contributed by atoms with van der Waals surface area (Å²) >= 11 is 6.09. The van der Waals surface area contributed by atoms with Gasteiger partial charge in [0.1, 0.15) is 6.54 Å². The maximum absolute atomic E-state index is 12.3. The lowest BCUT2D eigenvalue weighted by Crippen LogP contribution is -2.39. The highest BCUT2D eigenvalue weighted by Gasteiger charge is 2.26. The summed E-state index contributed by atoms with van der Waals surface area (Å²) in [5.74, 6) is 0.187. The molecule has 0 aliphatic heterocycles. The molecule has 0 aromatic carbocycles. The normalized spacial score (nSPS) is 22.3. The van der Waals surface area contributed by atoms with Crippen molar-refractivity contribution in [3.05, 3.63) is 16.4 Å². The van der Waals surface area contributed by atoms with Crippen LogP contribution >= 0.6 is 11.6 Å². The van der Waals surface area contributed by atoms with E-state index in [0.717, 1.165) is 37.1 Å². The molecule has 2 rings (SSSR count). The third-order valence-corrected chi connectivity index (χ3v) is 4.93. The fourth-order valence-corrected chi connectivity index (χ4v) is 3.07. The predicted octanol–water partition coefficient (Wildman–Crippen LogP) is 2.16. The smallest absolute Gasteiger partial charge is 0.244 e. The minimum Gasteiger partial charge on any atom is -0.393 e. The highest BCUT2D eigenvalue weighted by Crippen LogP contribution is 2.25. The number of aliphatic hydroxyl groups excluding tert-OH is 1. The zero-order chi connectivity index (χ0) is 15.6. The Bertz CT molecular complexity index is 515. The first-order chi connectivity index (χ1) is 9.90. The molecule has 6 heteroatoms. The number of aliphatic hydroxyl groups is 1. The first-order valence-corrected chi connectivity index (χ1v) is 7.89. The summed E-state index contributed by atoms with van der Waals surface area (Å²) in [6, 6.07) is 0. The third kappa shape index (κ3) is 3.77. The molecule has 1 aromatic heterocycles. The van der Waals surface area contributed by atoms with Crippen molar-refractivity contribution in [2.45, 2.75) is 52.2 Å². The molecule has 0 bridgehead atoms. The molecule has 0 saturated heterocycles. The second-order valence-corrected chi connectivity index (χ2v) is 6.41. The largest absolute Gasteiger partial charge is 0.393 e. The fraction of sp³-hybridized carbons (Fsp3) is 0.733. The Kier molecular flexibility index (Phi) is 5.27. The molecule has 1 aliphatic rings. The van der Waals surface area contributed by atoms with E-state index in [4.69, 9.17) is 11.6 Å². The van der Waals surface area contributed by atoms with Crippen LogP contribution < -0.4 is 0 Å². The van der Waals surface area contributed by atoms with Crippen LogP contribution in [0.5, 0.6) is 0 Å². The number of nitrogens with zero attached hydrogens (tertiary/aromatic N) is 3. The number of rotatable bonds is 4. The first kappa shape index (κ1) is 16.3. The van der Waals surface area contributed by atoms with Crippen molar-refractivity contribution >= 4 is 17.5 Å². The first-order valence-electron chi connectivity index (χ1n) is 7.51. The minimum absolute atomic E-state index is 0.00459. The molecule has 2 unspecified atom stereocenters. The molecule has 1 aliphatic carbocycles. The van der Waals surface area contributed by atoms with Gasteiger partial charge in [0.2, 0.25) is 5.91 Å². The number of hydrogen-bond acceptors (Lipinski definition) is 3. The second kappa shape index (κ2) is 6.79. The van der Waals surface area contributed by atoms with Crippen molar-refractivity contribution in [2.24, 2.45) is 5.92 Å². The molecule has 1 heterocycles. The molecule has 118 valence electrons. The lowest BCUT2D eigenvalue weighted by molar-refractivity contribution is -0.132. The van der Waals surface area contributed by atoms with Gasteiger partial charge in [-0.2, -0.15) is 5.10 Å². The van der Waals surface area contributed by atoms with Crippen LogP contribution in [0.4, 0.5) is 0 Å². The second-order valence-electron chi connectivity index (χ2n) is 6.03. The van der Waals surface area contributed by atoms with Crippen molar-refractivity contribution in [3.8, 4) is 0 Å². The van der Waals surface area contributed by atoms with Crippen LogP contribution in [-0.4, -0.2) is 45.4 Å². The standard InChI is InChI=1S/C15H24ClN3O2/c1-10-15(16)11(2)19(17-10)9-14(21)18(3)8-12-6-4-5-7-13(12)20/h12-13,20H,4-9H2,1-3H3. The topological polar surface area (TPSA) is 58.4 Å². The van der Waals surface area contributed by atoms with E-state index in [2.05, 4.69) is 5.10 Å². The highest BCUT2D eigenvalue weighted by atomic mass is 35.5. The van der Waals surface area contributed by atoms with Crippen molar-refractivity contribution in [1.82, 2.24) is 14.7 Å². The van der Waals surface area contributed by atoms with E-state index in [1.807, 2.05) is 13.8 Å². The number of aryl methyl sites for hydroxylation is 1. The Morgan fingerprint density at radius 2 is 2.10 bits per heavy atom. The van der Waals surface area contributed by atoms with Crippen LogP contribution in [0.25, 0.3) is 0 Å². The van der Waals surface area contributed by atoms with E-state index in [1.54, 1.807) is 16.6 Å². The molecule has 1 amide bonds. The third-order valence-electron chi connectivity index (χ3n) is 4.38. The molecule has 21 heavy (non-hydrogen) atoms. The van der Waals surface area contributed by atoms with Crippen LogP contribution in [0.2, 0.25) is 5.02 Å². The van der Waals surface area contributed by atoms with E-state index < -0.39 is 0 Å². The number of halogens is 1. The van der Waals surface area contributed by atoms with E-state index >= 15 is 0 Å². The van der Waals surface area contributed by atoms with Gasteiger partial charge in [0.25, 0.3) is 0 Å². The molecule has 1 aromatic rings. The molecule has 1 N–H and O–H groups in total. The Morgan fingerprint density at radius 3 is 2.67 bits per heavy atom. The van der Waals surface area contributed by atoms with Gasteiger partial charge in [0.05, 0.1) is 22.5 Å². The Labute approximate surface area is 130 Å². The van der Waals surface area contributed by atoms with Crippen LogP contribution in [0.3, 0.4) is 0 Å². The number of carbonyl (C=O) groups excluding carboxylic acids is 1. The van der Waals surface area contributed by atoms with Gasteiger partial charge in [-0.05, 0) is 26.7 Å². The summed E-state index contributed by atoms with van der Waals surface area (Å²) in [7, 11) is 1.79. The maximum Gasteiger partial charge on any atom is 0.244 e. The Hall–Kier alpha value is -1.07. The van der Waals surface area contributed by atoms with Crippen LogP contribution in [0, 0.1) is 19.8 Å². The monoisotopic (exact) mass is 313 g/mol. The summed E-state index contributed by atoms with van der Waals surface area (Å²) in [5, 5.41) is 14.9. The maximum atomic E-state index is 12.3. The zero-order valence-corrected chi connectivity index (χ0v) is 13.7. The molecule has 1 saturated carbocycles. The van der Waals surface area contributed by atoms with Crippen molar-refractivity contribution in [1.29, 1.82) is 0 Å². The highest BCUT2D eigenvalue weighted by molar-refractivity contribution is 6.31. The van der Waals surface area contributed by atoms with Gasteiger partial charge >= 0.3 is 0 Å². The summed E-state index contributed by atoms with van der Waals surface area (Å²) in [4.78, 5) is 14.0. The molecule has 2 atom stereocenters. The van der Waals surface area contributed by atoms with Gasteiger partial charge in [0.15, 0.2) is 0 Å². The average Bonchev–Trinajstić information content (AvgIpc) is 2.68. The lowest BCUT2D eigenvalue weighted by Gasteiger charge is -2.31. The lowest BCUT2D eigenvalue weighted by atomic mass is 9.86. The van der Waals surface area contributed by atoms with E-state index in [-0.39, 0.29) is 24.5 Å². The van der Waals surface area contributed by atoms with Gasteiger partial charge in [-0.25, -0.2) is 0 Å². The van der Waals surface area contributed by atoms with Crippen molar-refractivity contribution < 1.29 is 9.90 Å². The number of likely N-dealkylation sites (N-methyl/N-ethyl adjacent to an activating group) is 1. The zero-order valence-electron chi connectivity index (χ0n) is 13.0. The van der Waals surface area contributed by atoms with Gasteiger partial charge < -0.3 is 10.0 Å². The van der Waals surface area contributed by atoms with Gasteiger partial charge in [-0.3, -0.25) is 9.48 Å². The van der Waals surface area contributed by atoms with Crippen molar-refractivity contribution in [2.75, 3.05) is 13.6 Å². The average molecular weight is 314 g/mol. The van der Waals surface area contributed by atoms with Crippen LogP contribution in [-0.2, 0) is 11.3 Å². The molecule has 0 spiro atoms. The van der Waals surface area contributed by atoms with E-state index in [9.17, 15) is 9.90 Å². The van der Waals surface area contributed by atoms with Crippen LogP contribution in [0.15, 0.2) is 0 Å². The summed E-state index contributed by atoms with van der Waals surface area (Å²) < 4.78 is 1.65. The SMILES string of the molecule is Cc1nn(CC(=O)N(C)CC2CCCCC2O)c(C)c1Cl. The number of hydrogen-bond donors (Lipinski definition) is 1. The van der Waals surface area contributed by atoms with Gasteiger partial charge in [-0.1, -0.05) is 24.4 Å². The minimum atomic E-state index is -0.280.